The van der Waals surface area contributed by atoms with Gasteiger partial charge >= 0.3 is 0 Å². The van der Waals surface area contributed by atoms with Crippen molar-refractivity contribution in [3.8, 4) is 11.5 Å². The molecule has 6 nitrogen and oxygen atoms in total. The number of halogens is 1. The summed E-state index contributed by atoms with van der Waals surface area (Å²) in [6.45, 7) is 1.95. The monoisotopic (exact) mass is 385 g/mol. The van der Waals surface area contributed by atoms with Gasteiger partial charge in [0.15, 0.2) is 11.5 Å². The second kappa shape index (κ2) is 5.76. The van der Waals surface area contributed by atoms with E-state index in [0.717, 1.165) is 10.0 Å². The second-order valence-corrected chi connectivity index (χ2v) is 6.12. The molecular formula is C17H12BrN3O3. The number of para-hydroxylation sites is 1. The molecule has 0 N–H and O–H groups in total. The summed E-state index contributed by atoms with van der Waals surface area (Å²) in [4.78, 5) is 17.0. The maximum absolute atomic E-state index is 12.6. The molecule has 4 rings (SSSR count). The number of benzene rings is 2. The summed E-state index contributed by atoms with van der Waals surface area (Å²) in [5, 5.41) is 4.83. The van der Waals surface area contributed by atoms with Crippen LogP contribution >= 0.6 is 15.9 Å². The van der Waals surface area contributed by atoms with Gasteiger partial charge in [-0.2, -0.15) is 9.78 Å². The Kier molecular flexibility index (Phi) is 3.57. The number of fused-ring (bicyclic) bond motifs is 2. The number of rotatable bonds is 2. The van der Waals surface area contributed by atoms with Crippen molar-refractivity contribution in [1.29, 1.82) is 0 Å². The van der Waals surface area contributed by atoms with Gasteiger partial charge in [-0.1, -0.05) is 12.1 Å². The molecule has 2 heterocycles. The lowest BCUT2D eigenvalue weighted by Gasteiger charge is -2.06. The van der Waals surface area contributed by atoms with Gasteiger partial charge < -0.3 is 9.47 Å². The molecule has 0 fully saturated rings. The normalized spacial score (nSPS) is 13.1. The number of aryl methyl sites for hydroxylation is 1. The van der Waals surface area contributed by atoms with Gasteiger partial charge in [0.1, 0.15) is 5.82 Å². The molecule has 1 aliphatic rings. The highest BCUT2D eigenvalue weighted by Crippen LogP contribution is 2.36. The van der Waals surface area contributed by atoms with Crippen LogP contribution in [0.5, 0.6) is 11.5 Å². The summed E-state index contributed by atoms with van der Waals surface area (Å²) in [5.41, 5.74) is 1.24. The first-order chi connectivity index (χ1) is 11.6. The van der Waals surface area contributed by atoms with Gasteiger partial charge in [0.25, 0.3) is 5.56 Å². The quantitative estimate of drug-likeness (QED) is 0.635. The lowest BCUT2D eigenvalue weighted by molar-refractivity contribution is 0.174. The van der Waals surface area contributed by atoms with Gasteiger partial charge in [0.2, 0.25) is 6.79 Å². The van der Waals surface area contributed by atoms with Gasteiger partial charge in [0, 0.05) is 10.0 Å². The van der Waals surface area contributed by atoms with Crippen molar-refractivity contribution in [1.82, 2.24) is 9.66 Å². The van der Waals surface area contributed by atoms with E-state index in [0.29, 0.717) is 28.2 Å². The van der Waals surface area contributed by atoms with Crippen molar-refractivity contribution >= 4 is 33.0 Å². The van der Waals surface area contributed by atoms with Crippen molar-refractivity contribution in [2.45, 2.75) is 6.92 Å². The van der Waals surface area contributed by atoms with E-state index in [-0.39, 0.29) is 12.4 Å². The Hall–Kier alpha value is -2.67. The Labute approximate surface area is 145 Å². The van der Waals surface area contributed by atoms with Crippen LogP contribution in [0.3, 0.4) is 0 Å². The zero-order chi connectivity index (χ0) is 16.7. The van der Waals surface area contributed by atoms with E-state index in [1.807, 2.05) is 30.3 Å². The van der Waals surface area contributed by atoms with Crippen LogP contribution < -0.4 is 15.0 Å². The minimum absolute atomic E-state index is 0.203. The smallest absolute Gasteiger partial charge is 0.282 e. The van der Waals surface area contributed by atoms with E-state index >= 15 is 0 Å². The first-order valence-electron chi connectivity index (χ1n) is 7.25. The molecule has 0 amide bonds. The molecule has 24 heavy (non-hydrogen) atoms. The van der Waals surface area contributed by atoms with Gasteiger partial charge in [0.05, 0.1) is 17.1 Å². The average molecular weight is 386 g/mol. The average Bonchev–Trinajstić information content (AvgIpc) is 3.01. The third kappa shape index (κ3) is 2.46. The molecule has 0 atom stereocenters. The molecular weight excluding hydrogens is 374 g/mol. The zero-order valence-electron chi connectivity index (χ0n) is 12.7. The van der Waals surface area contributed by atoms with Gasteiger partial charge in [-0.15, -0.1) is 0 Å². The number of hydrogen-bond acceptors (Lipinski definition) is 5. The molecule has 0 saturated heterocycles. The molecule has 2 aromatic carbocycles. The molecule has 0 saturated carbocycles. The maximum atomic E-state index is 12.6. The topological polar surface area (TPSA) is 65.7 Å². The second-order valence-electron chi connectivity index (χ2n) is 5.26. The van der Waals surface area contributed by atoms with Crippen LogP contribution in [0.1, 0.15) is 11.4 Å². The Morgan fingerprint density at radius 2 is 2.00 bits per heavy atom. The summed E-state index contributed by atoms with van der Waals surface area (Å²) >= 11 is 3.47. The lowest BCUT2D eigenvalue weighted by Crippen LogP contribution is -2.20. The van der Waals surface area contributed by atoms with E-state index in [1.165, 1.54) is 4.68 Å². The molecule has 0 unspecified atom stereocenters. The Morgan fingerprint density at radius 3 is 2.83 bits per heavy atom. The lowest BCUT2D eigenvalue weighted by atomic mass is 10.2. The molecule has 0 spiro atoms. The Bertz CT molecular complexity index is 1040. The molecule has 0 aliphatic carbocycles. The zero-order valence-corrected chi connectivity index (χ0v) is 14.3. The van der Waals surface area contributed by atoms with Crippen molar-refractivity contribution in [3.05, 3.63) is 62.6 Å². The van der Waals surface area contributed by atoms with Gasteiger partial charge in [-0.05, 0) is 47.1 Å². The summed E-state index contributed by atoms with van der Waals surface area (Å²) in [5.74, 6) is 1.85. The predicted octanol–water partition coefficient (Wildman–Crippen LogP) is 3.08. The molecule has 3 aromatic rings. The third-order valence-corrected chi connectivity index (χ3v) is 4.41. The highest BCUT2D eigenvalue weighted by molar-refractivity contribution is 9.10. The summed E-state index contributed by atoms with van der Waals surface area (Å²) in [7, 11) is 0. The van der Waals surface area contributed by atoms with Crippen LogP contribution in [0.25, 0.3) is 10.9 Å². The van der Waals surface area contributed by atoms with Crippen molar-refractivity contribution < 1.29 is 9.47 Å². The van der Waals surface area contributed by atoms with Crippen molar-refractivity contribution in [2.24, 2.45) is 5.10 Å². The highest BCUT2D eigenvalue weighted by Gasteiger charge is 2.15. The first kappa shape index (κ1) is 14.9. The Morgan fingerprint density at radius 1 is 1.25 bits per heavy atom. The molecule has 120 valence electrons. The number of aromatic nitrogens is 2. The fourth-order valence-electron chi connectivity index (χ4n) is 2.52. The highest BCUT2D eigenvalue weighted by atomic mass is 79.9. The van der Waals surface area contributed by atoms with E-state index in [9.17, 15) is 4.79 Å². The van der Waals surface area contributed by atoms with E-state index < -0.39 is 0 Å². The standard InChI is InChI=1S/C17H12BrN3O3/c1-10-20-14-5-3-2-4-12(14)17(22)21(10)19-8-11-6-15-16(7-13(11)18)24-9-23-15/h2-8H,9H2,1H3. The third-order valence-electron chi connectivity index (χ3n) is 3.72. The fraction of sp³-hybridized carbons (Fsp3) is 0.118. The predicted molar refractivity (Wildman–Crippen MR) is 94.0 cm³/mol. The minimum Gasteiger partial charge on any atom is -0.454 e. The molecule has 0 radical (unpaired) electrons. The summed E-state index contributed by atoms with van der Waals surface area (Å²) < 4.78 is 12.8. The molecule has 1 aromatic heterocycles. The first-order valence-corrected chi connectivity index (χ1v) is 8.05. The summed E-state index contributed by atoms with van der Waals surface area (Å²) in [6.07, 6.45) is 1.59. The van der Waals surface area contributed by atoms with Crippen molar-refractivity contribution in [2.75, 3.05) is 6.79 Å². The van der Waals surface area contributed by atoms with Crippen molar-refractivity contribution in [3.63, 3.8) is 0 Å². The molecule has 1 aliphatic heterocycles. The van der Waals surface area contributed by atoms with Crippen LogP contribution in [0.15, 0.2) is 50.8 Å². The van der Waals surface area contributed by atoms with Crippen LogP contribution in [0, 0.1) is 6.92 Å². The van der Waals surface area contributed by atoms with Crippen LogP contribution in [-0.2, 0) is 0 Å². The maximum Gasteiger partial charge on any atom is 0.282 e. The minimum atomic E-state index is -0.203. The van der Waals surface area contributed by atoms with Crippen LogP contribution in [-0.4, -0.2) is 22.7 Å². The fourth-order valence-corrected chi connectivity index (χ4v) is 2.95. The number of hydrogen-bond donors (Lipinski definition) is 0. The Balaban J connectivity index is 1.80. The van der Waals surface area contributed by atoms with Crippen LogP contribution in [0.2, 0.25) is 0 Å². The van der Waals surface area contributed by atoms with Crippen LogP contribution in [0.4, 0.5) is 0 Å². The molecule has 0 bridgehead atoms. The summed E-state index contributed by atoms with van der Waals surface area (Å²) in [6, 6.07) is 10.8. The van der Waals surface area contributed by atoms with Gasteiger partial charge in [-0.25, -0.2) is 4.98 Å². The van der Waals surface area contributed by atoms with E-state index in [2.05, 4.69) is 26.0 Å². The molecule has 7 heteroatoms. The SMILES string of the molecule is Cc1nc2ccccc2c(=O)n1N=Cc1cc2c(cc1Br)OCO2. The van der Waals surface area contributed by atoms with E-state index in [4.69, 9.17) is 9.47 Å². The van der Waals surface area contributed by atoms with Gasteiger partial charge in [-0.3, -0.25) is 4.79 Å². The number of nitrogens with zero attached hydrogens (tertiary/aromatic N) is 3. The van der Waals surface area contributed by atoms with E-state index in [1.54, 1.807) is 19.2 Å². The number of ether oxygens (including phenoxy) is 2. The largest absolute Gasteiger partial charge is 0.454 e.